The maximum atomic E-state index is 13.7. The van der Waals surface area contributed by atoms with Gasteiger partial charge in [0, 0.05) is 0 Å². The molecule has 0 bridgehead atoms. The summed E-state index contributed by atoms with van der Waals surface area (Å²) in [7, 11) is 0. The van der Waals surface area contributed by atoms with E-state index in [1.54, 1.807) is 0 Å². The van der Waals surface area contributed by atoms with Crippen LogP contribution in [0.15, 0.2) is 42.5 Å². The zero-order valence-corrected chi connectivity index (χ0v) is 11.9. The van der Waals surface area contributed by atoms with E-state index in [-0.39, 0.29) is 5.82 Å². The van der Waals surface area contributed by atoms with Gasteiger partial charge < -0.3 is 5.11 Å². The molecule has 104 valence electrons. The van der Waals surface area contributed by atoms with Crippen LogP contribution in [0.25, 0.3) is 0 Å². The van der Waals surface area contributed by atoms with Crippen molar-refractivity contribution in [3.8, 4) is 0 Å². The molecule has 2 unspecified atom stereocenters. The van der Waals surface area contributed by atoms with Crippen molar-refractivity contribution in [2.24, 2.45) is 0 Å². The molecule has 0 spiro atoms. The van der Waals surface area contributed by atoms with Crippen LogP contribution in [-0.2, 0) is 5.60 Å². The summed E-state index contributed by atoms with van der Waals surface area (Å²) in [6, 6.07) is 12.8. The molecule has 20 heavy (non-hydrogen) atoms. The highest BCUT2D eigenvalue weighted by Gasteiger charge is 2.38. The van der Waals surface area contributed by atoms with Gasteiger partial charge in [-0.25, -0.2) is 4.39 Å². The standard InChI is InChI=1S/C18H19FO/c1-12-9-14(11-15(19)10-12)18(20)8-7-13(2)16-5-3-4-6-17(16)18/h3-6,9-11,13,20H,7-8H2,1-2H3. The summed E-state index contributed by atoms with van der Waals surface area (Å²) in [4.78, 5) is 0. The largest absolute Gasteiger partial charge is 0.380 e. The zero-order chi connectivity index (χ0) is 14.3. The SMILES string of the molecule is Cc1cc(F)cc(C2(O)CCC(C)c3ccccc32)c1. The smallest absolute Gasteiger partial charge is 0.123 e. The van der Waals surface area contributed by atoms with Crippen molar-refractivity contribution >= 4 is 0 Å². The minimum Gasteiger partial charge on any atom is -0.380 e. The molecule has 0 saturated carbocycles. The minimum absolute atomic E-state index is 0.287. The average Bonchev–Trinajstić information content (AvgIpc) is 2.42. The third-order valence-corrected chi connectivity index (χ3v) is 4.40. The molecule has 0 heterocycles. The van der Waals surface area contributed by atoms with Gasteiger partial charge in [-0.3, -0.25) is 0 Å². The zero-order valence-electron chi connectivity index (χ0n) is 11.9. The lowest BCUT2D eigenvalue weighted by Crippen LogP contribution is -2.33. The summed E-state index contributed by atoms with van der Waals surface area (Å²) >= 11 is 0. The van der Waals surface area contributed by atoms with Gasteiger partial charge in [0.05, 0.1) is 0 Å². The number of hydrogen-bond donors (Lipinski definition) is 1. The molecule has 1 nitrogen and oxygen atoms in total. The molecule has 1 aliphatic rings. The Morgan fingerprint density at radius 1 is 1.20 bits per heavy atom. The molecule has 2 aromatic rings. The number of fused-ring (bicyclic) bond motifs is 1. The van der Waals surface area contributed by atoms with Gasteiger partial charge in [0.2, 0.25) is 0 Å². The third-order valence-electron chi connectivity index (χ3n) is 4.40. The van der Waals surface area contributed by atoms with Crippen LogP contribution >= 0.6 is 0 Å². The Kier molecular flexibility index (Phi) is 3.14. The Hall–Kier alpha value is -1.67. The fraction of sp³-hybridized carbons (Fsp3) is 0.333. The van der Waals surface area contributed by atoms with E-state index in [1.165, 1.54) is 17.7 Å². The Morgan fingerprint density at radius 2 is 1.95 bits per heavy atom. The molecule has 0 amide bonds. The van der Waals surface area contributed by atoms with Gasteiger partial charge in [-0.2, -0.15) is 0 Å². The number of rotatable bonds is 1. The highest BCUT2D eigenvalue weighted by molar-refractivity contribution is 5.45. The fourth-order valence-corrected chi connectivity index (χ4v) is 3.29. The van der Waals surface area contributed by atoms with Gasteiger partial charge in [-0.05, 0) is 60.1 Å². The first-order valence-corrected chi connectivity index (χ1v) is 7.10. The maximum Gasteiger partial charge on any atom is 0.123 e. The van der Waals surface area contributed by atoms with Crippen molar-refractivity contribution < 1.29 is 9.50 Å². The molecule has 0 aliphatic heterocycles. The predicted molar refractivity (Wildman–Crippen MR) is 78.2 cm³/mol. The summed E-state index contributed by atoms with van der Waals surface area (Å²) in [5.74, 6) is 0.144. The molecule has 3 rings (SSSR count). The van der Waals surface area contributed by atoms with Gasteiger partial charge >= 0.3 is 0 Å². The molecule has 1 N–H and O–H groups in total. The lowest BCUT2D eigenvalue weighted by atomic mass is 9.71. The highest BCUT2D eigenvalue weighted by atomic mass is 19.1. The quantitative estimate of drug-likeness (QED) is 0.820. The lowest BCUT2D eigenvalue weighted by Gasteiger charge is -2.38. The number of hydrogen-bond acceptors (Lipinski definition) is 1. The molecule has 0 aromatic heterocycles. The van der Waals surface area contributed by atoms with Crippen LogP contribution < -0.4 is 0 Å². The second kappa shape index (κ2) is 4.71. The molecule has 0 saturated heterocycles. The van der Waals surface area contributed by atoms with Crippen molar-refractivity contribution in [3.63, 3.8) is 0 Å². The van der Waals surface area contributed by atoms with Crippen LogP contribution in [0.5, 0.6) is 0 Å². The van der Waals surface area contributed by atoms with Crippen molar-refractivity contribution in [2.75, 3.05) is 0 Å². The van der Waals surface area contributed by atoms with Crippen LogP contribution in [0.4, 0.5) is 4.39 Å². The van der Waals surface area contributed by atoms with Crippen molar-refractivity contribution in [1.29, 1.82) is 0 Å². The molecular formula is C18H19FO. The first kappa shape index (κ1) is 13.3. The van der Waals surface area contributed by atoms with Crippen LogP contribution in [0.1, 0.15) is 47.9 Å². The van der Waals surface area contributed by atoms with E-state index in [2.05, 4.69) is 13.0 Å². The highest BCUT2D eigenvalue weighted by Crippen LogP contribution is 2.45. The first-order chi connectivity index (χ1) is 9.50. The Bertz CT molecular complexity index is 629. The lowest BCUT2D eigenvalue weighted by molar-refractivity contribution is 0.0576. The summed E-state index contributed by atoms with van der Waals surface area (Å²) < 4.78 is 13.7. The Balaban J connectivity index is 2.19. The minimum atomic E-state index is -1.07. The van der Waals surface area contributed by atoms with E-state index >= 15 is 0 Å². The summed E-state index contributed by atoms with van der Waals surface area (Å²) in [6.07, 6.45) is 1.54. The predicted octanol–water partition coefficient (Wildman–Crippen LogP) is 4.27. The summed E-state index contributed by atoms with van der Waals surface area (Å²) in [5.41, 5.74) is 2.52. The summed E-state index contributed by atoms with van der Waals surface area (Å²) in [5, 5.41) is 11.2. The van der Waals surface area contributed by atoms with E-state index in [1.807, 2.05) is 31.2 Å². The van der Waals surface area contributed by atoms with Crippen LogP contribution in [0.3, 0.4) is 0 Å². The van der Waals surface area contributed by atoms with Gasteiger partial charge in [-0.1, -0.05) is 37.3 Å². The van der Waals surface area contributed by atoms with E-state index in [9.17, 15) is 9.50 Å². The normalized spacial score (nSPS) is 25.3. The van der Waals surface area contributed by atoms with E-state index in [4.69, 9.17) is 0 Å². The number of halogens is 1. The van der Waals surface area contributed by atoms with Crippen molar-refractivity contribution in [1.82, 2.24) is 0 Å². The maximum absolute atomic E-state index is 13.7. The van der Waals surface area contributed by atoms with Crippen molar-refractivity contribution in [2.45, 2.75) is 38.2 Å². The fourth-order valence-electron chi connectivity index (χ4n) is 3.29. The number of aliphatic hydroxyl groups is 1. The van der Waals surface area contributed by atoms with Crippen LogP contribution in [0.2, 0.25) is 0 Å². The molecule has 2 heteroatoms. The number of benzene rings is 2. The molecule has 0 radical (unpaired) electrons. The topological polar surface area (TPSA) is 20.2 Å². The van der Waals surface area contributed by atoms with Gasteiger partial charge in [0.1, 0.15) is 11.4 Å². The molecule has 2 atom stereocenters. The molecule has 1 aliphatic carbocycles. The van der Waals surface area contributed by atoms with Gasteiger partial charge in [-0.15, -0.1) is 0 Å². The molecular weight excluding hydrogens is 251 g/mol. The molecule has 2 aromatic carbocycles. The van der Waals surface area contributed by atoms with E-state index < -0.39 is 5.60 Å². The third kappa shape index (κ3) is 2.04. The second-order valence-electron chi connectivity index (χ2n) is 5.90. The monoisotopic (exact) mass is 270 g/mol. The average molecular weight is 270 g/mol. The summed E-state index contributed by atoms with van der Waals surface area (Å²) in [6.45, 7) is 4.03. The first-order valence-electron chi connectivity index (χ1n) is 7.10. The van der Waals surface area contributed by atoms with Crippen LogP contribution in [-0.4, -0.2) is 5.11 Å². The molecule has 0 fully saturated rings. The van der Waals surface area contributed by atoms with E-state index in [0.29, 0.717) is 17.9 Å². The Morgan fingerprint density at radius 3 is 2.70 bits per heavy atom. The van der Waals surface area contributed by atoms with Crippen LogP contribution in [0, 0.1) is 12.7 Å². The Labute approximate surface area is 119 Å². The van der Waals surface area contributed by atoms with E-state index in [0.717, 1.165) is 17.5 Å². The van der Waals surface area contributed by atoms with Gasteiger partial charge in [0.15, 0.2) is 0 Å². The van der Waals surface area contributed by atoms with Crippen molar-refractivity contribution in [3.05, 3.63) is 70.5 Å². The van der Waals surface area contributed by atoms with Gasteiger partial charge in [0.25, 0.3) is 0 Å². The second-order valence-corrected chi connectivity index (χ2v) is 5.90. The number of aryl methyl sites for hydroxylation is 1.